The van der Waals surface area contributed by atoms with E-state index in [-0.39, 0.29) is 12.2 Å². The first kappa shape index (κ1) is 13.3. The van der Waals surface area contributed by atoms with Gasteiger partial charge in [0.2, 0.25) is 0 Å². The Morgan fingerprint density at radius 2 is 1.28 bits per heavy atom. The number of hydrogen-bond acceptors (Lipinski definition) is 2. The fraction of sp³-hybridized carbons (Fsp3) is 0.500. The maximum absolute atomic E-state index is 5.95. The molecule has 0 bridgehead atoms. The number of hydrogen-bond donors (Lipinski definition) is 0. The molecule has 2 nitrogen and oxygen atoms in total. The molecule has 98 valence electrons. The molecule has 0 spiro atoms. The zero-order chi connectivity index (χ0) is 13.1. The van der Waals surface area contributed by atoms with Gasteiger partial charge in [-0.15, -0.1) is 0 Å². The van der Waals surface area contributed by atoms with Crippen molar-refractivity contribution >= 4 is 0 Å². The average Bonchev–Trinajstić information content (AvgIpc) is 2.96. The van der Waals surface area contributed by atoms with Crippen molar-refractivity contribution in [3.05, 3.63) is 48.6 Å². The Bertz CT molecular complexity index is 354. The lowest BCUT2D eigenvalue weighted by Gasteiger charge is -2.17. The van der Waals surface area contributed by atoms with Gasteiger partial charge in [0.1, 0.15) is 0 Å². The molecule has 2 heteroatoms. The SMILES string of the molecule is C=C/C(=C\C)C1OCC2C(/C(C=C)=C/C)OCC12. The van der Waals surface area contributed by atoms with Crippen LogP contribution < -0.4 is 0 Å². The first-order chi connectivity index (χ1) is 8.76. The largest absolute Gasteiger partial charge is 0.373 e. The zero-order valence-corrected chi connectivity index (χ0v) is 11.3. The van der Waals surface area contributed by atoms with Gasteiger partial charge in [0.05, 0.1) is 25.4 Å². The molecule has 2 aliphatic rings. The predicted molar refractivity (Wildman–Crippen MR) is 74.4 cm³/mol. The van der Waals surface area contributed by atoms with Crippen molar-refractivity contribution in [2.24, 2.45) is 11.8 Å². The standard InChI is InChI=1S/C16H22O2/c1-5-11(6-2)15-13-9-18-16(12(7-3)8-4)14(13)10-17-15/h5-8,13-16H,1,3,9-10H2,2,4H3/b11-6+,12-8+. The lowest BCUT2D eigenvalue weighted by molar-refractivity contribution is 0.0474. The maximum atomic E-state index is 5.95. The van der Waals surface area contributed by atoms with Crippen molar-refractivity contribution in [3.8, 4) is 0 Å². The average molecular weight is 246 g/mol. The third kappa shape index (κ3) is 2.11. The predicted octanol–water partition coefficient (Wildman–Crippen LogP) is 3.28. The van der Waals surface area contributed by atoms with E-state index in [2.05, 4.69) is 25.3 Å². The van der Waals surface area contributed by atoms with E-state index in [1.165, 1.54) is 11.1 Å². The van der Waals surface area contributed by atoms with Crippen LogP contribution >= 0.6 is 0 Å². The highest BCUT2D eigenvalue weighted by molar-refractivity contribution is 5.28. The topological polar surface area (TPSA) is 18.5 Å². The van der Waals surface area contributed by atoms with Crippen LogP contribution in [-0.2, 0) is 9.47 Å². The van der Waals surface area contributed by atoms with Crippen LogP contribution in [0, 0.1) is 11.8 Å². The molecule has 0 aromatic heterocycles. The van der Waals surface area contributed by atoms with Crippen molar-refractivity contribution in [2.75, 3.05) is 13.2 Å². The van der Waals surface area contributed by atoms with E-state index in [9.17, 15) is 0 Å². The maximum Gasteiger partial charge on any atom is 0.0876 e. The molecule has 0 radical (unpaired) electrons. The number of rotatable bonds is 4. The highest BCUT2D eigenvalue weighted by Crippen LogP contribution is 2.42. The number of fused-ring (bicyclic) bond motifs is 1. The molecule has 0 N–H and O–H groups in total. The second-order valence-corrected chi connectivity index (χ2v) is 4.82. The fourth-order valence-corrected chi connectivity index (χ4v) is 3.03. The Morgan fingerprint density at radius 1 is 0.889 bits per heavy atom. The Labute approximate surface area is 110 Å². The zero-order valence-electron chi connectivity index (χ0n) is 11.3. The Hall–Kier alpha value is -1.12. The van der Waals surface area contributed by atoms with E-state index in [1.807, 2.05) is 26.0 Å². The minimum Gasteiger partial charge on any atom is -0.373 e. The summed E-state index contributed by atoms with van der Waals surface area (Å²) < 4.78 is 11.9. The van der Waals surface area contributed by atoms with Crippen LogP contribution in [0.15, 0.2) is 48.6 Å². The molecule has 0 aromatic carbocycles. The molecule has 0 aromatic rings. The molecule has 18 heavy (non-hydrogen) atoms. The van der Waals surface area contributed by atoms with Gasteiger partial charge in [-0.3, -0.25) is 0 Å². The van der Waals surface area contributed by atoms with Gasteiger partial charge >= 0.3 is 0 Å². The summed E-state index contributed by atoms with van der Waals surface area (Å²) in [6, 6.07) is 0. The van der Waals surface area contributed by atoms with Gasteiger partial charge in [0.15, 0.2) is 0 Å². The molecule has 4 unspecified atom stereocenters. The summed E-state index contributed by atoms with van der Waals surface area (Å²) in [4.78, 5) is 0. The van der Waals surface area contributed by atoms with Crippen LogP contribution in [0.1, 0.15) is 13.8 Å². The first-order valence-electron chi connectivity index (χ1n) is 6.57. The molecule has 0 aliphatic carbocycles. The molecule has 2 heterocycles. The molecule has 2 saturated heterocycles. The Kier molecular flexibility index (Phi) is 4.20. The minimum absolute atomic E-state index is 0.144. The normalized spacial score (nSPS) is 36.6. The van der Waals surface area contributed by atoms with Gasteiger partial charge in [-0.2, -0.15) is 0 Å². The molecule has 2 fully saturated rings. The molecule has 2 aliphatic heterocycles. The van der Waals surface area contributed by atoms with E-state index < -0.39 is 0 Å². The first-order valence-corrected chi connectivity index (χ1v) is 6.57. The summed E-state index contributed by atoms with van der Waals surface area (Å²) in [5.41, 5.74) is 2.35. The number of ether oxygens (including phenoxy) is 2. The lowest BCUT2D eigenvalue weighted by Crippen LogP contribution is -2.23. The van der Waals surface area contributed by atoms with E-state index in [0.717, 1.165) is 13.2 Å². The molecule has 0 amide bonds. The summed E-state index contributed by atoms with van der Waals surface area (Å²) in [6.07, 6.45) is 8.24. The monoisotopic (exact) mass is 246 g/mol. The second kappa shape index (κ2) is 5.68. The summed E-state index contributed by atoms with van der Waals surface area (Å²) in [7, 11) is 0. The van der Waals surface area contributed by atoms with Crippen LogP contribution in [0.4, 0.5) is 0 Å². The molecule has 4 atom stereocenters. The molecular formula is C16H22O2. The second-order valence-electron chi connectivity index (χ2n) is 4.82. The lowest BCUT2D eigenvalue weighted by atomic mass is 9.84. The van der Waals surface area contributed by atoms with Crippen molar-refractivity contribution in [1.82, 2.24) is 0 Å². The van der Waals surface area contributed by atoms with Crippen LogP contribution in [0.3, 0.4) is 0 Å². The smallest absolute Gasteiger partial charge is 0.0876 e. The summed E-state index contributed by atoms with van der Waals surface area (Å²) in [6.45, 7) is 13.3. The third-order valence-corrected chi connectivity index (χ3v) is 4.06. The van der Waals surface area contributed by atoms with Crippen LogP contribution in [0.25, 0.3) is 0 Å². The van der Waals surface area contributed by atoms with Crippen LogP contribution in [0.5, 0.6) is 0 Å². The molecular weight excluding hydrogens is 224 g/mol. The van der Waals surface area contributed by atoms with Crippen molar-refractivity contribution in [3.63, 3.8) is 0 Å². The Morgan fingerprint density at radius 3 is 1.56 bits per heavy atom. The minimum atomic E-state index is 0.144. The van der Waals surface area contributed by atoms with Crippen molar-refractivity contribution in [1.29, 1.82) is 0 Å². The third-order valence-electron chi connectivity index (χ3n) is 4.06. The van der Waals surface area contributed by atoms with Crippen molar-refractivity contribution < 1.29 is 9.47 Å². The van der Waals surface area contributed by atoms with Gasteiger partial charge in [-0.05, 0) is 25.0 Å². The van der Waals surface area contributed by atoms with Crippen molar-refractivity contribution in [2.45, 2.75) is 26.1 Å². The summed E-state index contributed by atoms with van der Waals surface area (Å²) in [5, 5.41) is 0. The molecule has 0 saturated carbocycles. The van der Waals surface area contributed by atoms with Gasteiger partial charge in [-0.1, -0.05) is 37.5 Å². The highest BCUT2D eigenvalue weighted by Gasteiger charge is 2.48. The van der Waals surface area contributed by atoms with E-state index in [4.69, 9.17) is 9.47 Å². The number of allylic oxidation sites excluding steroid dienone is 2. The highest BCUT2D eigenvalue weighted by atomic mass is 16.5. The van der Waals surface area contributed by atoms with E-state index in [1.54, 1.807) is 0 Å². The quantitative estimate of drug-likeness (QED) is 0.709. The summed E-state index contributed by atoms with van der Waals surface area (Å²) >= 11 is 0. The van der Waals surface area contributed by atoms with Crippen LogP contribution in [-0.4, -0.2) is 25.4 Å². The van der Waals surface area contributed by atoms with Gasteiger partial charge in [0.25, 0.3) is 0 Å². The van der Waals surface area contributed by atoms with Gasteiger partial charge in [0, 0.05) is 11.8 Å². The molecule has 2 rings (SSSR count). The van der Waals surface area contributed by atoms with E-state index in [0.29, 0.717) is 11.8 Å². The summed E-state index contributed by atoms with van der Waals surface area (Å²) in [5.74, 6) is 0.878. The van der Waals surface area contributed by atoms with Gasteiger partial charge in [-0.25, -0.2) is 0 Å². The van der Waals surface area contributed by atoms with E-state index >= 15 is 0 Å². The fourth-order valence-electron chi connectivity index (χ4n) is 3.03. The van der Waals surface area contributed by atoms with Crippen LogP contribution in [0.2, 0.25) is 0 Å². The van der Waals surface area contributed by atoms with Gasteiger partial charge < -0.3 is 9.47 Å². The Balaban J connectivity index is 2.16.